The van der Waals surface area contributed by atoms with Crippen LogP contribution in [0.5, 0.6) is 0 Å². The van der Waals surface area contributed by atoms with E-state index < -0.39 is 12.3 Å². The SMILES string of the molecule is CC(=O)O.COC(O)COCCO. The number of carboxylic acids is 1. The van der Waals surface area contributed by atoms with Crippen molar-refractivity contribution in [1.82, 2.24) is 0 Å². The van der Waals surface area contributed by atoms with Crippen LogP contribution < -0.4 is 0 Å². The van der Waals surface area contributed by atoms with Crippen molar-refractivity contribution < 1.29 is 29.6 Å². The second-order valence-electron chi connectivity index (χ2n) is 2.01. The van der Waals surface area contributed by atoms with Gasteiger partial charge < -0.3 is 24.8 Å². The molecule has 0 heterocycles. The van der Waals surface area contributed by atoms with E-state index in [0.717, 1.165) is 6.92 Å². The van der Waals surface area contributed by atoms with Crippen LogP contribution in [-0.2, 0) is 14.3 Å². The van der Waals surface area contributed by atoms with Crippen molar-refractivity contribution in [3.05, 3.63) is 0 Å². The van der Waals surface area contributed by atoms with E-state index in [9.17, 15) is 0 Å². The molecule has 0 aliphatic rings. The number of aliphatic hydroxyl groups excluding tert-OH is 2. The van der Waals surface area contributed by atoms with Gasteiger partial charge in [-0.25, -0.2) is 0 Å². The van der Waals surface area contributed by atoms with Gasteiger partial charge in [0.05, 0.1) is 19.8 Å². The van der Waals surface area contributed by atoms with Crippen molar-refractivity contribution in [3.63, 3.8) is 0 Å². The van der Waals surface area contributed by atoms with Gasteiger partial charge in [0.2, 0.25) is 0 Å². The summed E-state index contributed by atoms with van der Waals surface area (Å²) in [4.78, 5) is 9.00. The molecule has 0 fully saturated rings. The van der Waals surface area contributed by atoms with Crippen molar-refractivity contribution in [2.45, 2.75) is 13.2 Å². The predicted octanol–water partition coefficient (Wildman–Crippen LogP) is -0.949. The minimum atomic E-state index is -0.878. The molecule has 0 saturated carbocycles. The number of ether oxygens (including phenoxy) is 2. The van der Waals surface area contributed by atoms with Gasteiger partial charge in [0.15, 0.2) is 6.29 Å². The highest BCUT2D eigenvalue weighted by Crippen LogP contribution is 1.83. The van der Waals surface area contributed by atoms with E-state index in [1.807, 2.05) is 0 Å². The van der Waals surface area contributed by atoms with Gasteiger partial charge in [0, 0.05) is 14.0 Å². The summed E-state index contributed by atoms with van der Waals surface area (Å²) in [6.45, 7) is 1.40. The van der Waals surface area contributed by atoms with Crippen LogP contribution >= 0.6 is 0 Å². The largest absolute Gasteiger partial charge is 0.481 e. The third-order valence-electron chi connectivity index (χ3n) is 0.768. The second-order valence-corrected chi connectivity index (χ2v) is 2.01. The fourth-order valence-corrected chi connectivity index (χ4v) is 0.317. The van der Waals surface area contributed by atoms with E-state index in [1.165, 1.54) is 7.11 Å². The summed E-state index contributed by atoms with van der Waals surface area (Å²) in [7, 11) is 1.38. The fraction of sp³-hybridized carbons (Fsp3) is 0.857. The van der Waals surface area contributed by atoms with Crippen molar-refractivity contribution in [1.29, 1.82) is 0 Å². The Morgan fingerprint density at radius 1 is 1.54 bits per heavy atom. The minimum absolute atomic E-state index is 0.0313. The summed E-state index contributed by atoms with van der Waals surface area (Å²) in [6.07, 6.45) is -0.878. The molecule has 6 nitrogen and oxygen atoms in total. The lowest BCUT2D eigenvalue weighted by molar-refractivity contribution is -0.134. The Kier molecular flexibility index (Phi) is 12.9. The molecular weight excluding hydrogens is 180 g/mol. The number of aliphatic carboxylic acids is 1. The van der Waals surface area contributed by atoms with Crippen molar-refractivity contribution in [3.8, 4) is 0 Å². The highest BCUT2D eigenvalue weighted by Gasteiger charge is 1.98. The molecule has 13 heavy (non-hydrogen) atoms. The minimum Gasteiger partial charge on any atom is -0.481 e. The molecule has 0 aromatic carbocycles. The summed E-state index contributed by atoms with van der Waals surface area (Å²) in [5.74, 6) is -0.833. The maximum atomic E-state index is 9.00. The average molecular weight is 196 g/mol. The maximum absolute atomic E-state index is 9.00. The Labute approximate surface area is 76.7 Å². The Balaban J connectivity index is 0. The zero-order valence-electron chi connectivity index (χ0n) is 7.77. The standard InChI is InChI=1S/C5H12O4.C2H4O2/c1-8-5(7)4-9-3-2-6;1-2(3)4/h5-7H,2-4H2,1H3;1H3,(H,3,4). The number of carboxylic acid groups (broad SMARTS) is 1. The molecular formula is C7H16O6. The molecule has 0 radical (unpaired) electrons. The van der Waals surface area contributed by atoms with Crippen LogP contribution in [0.4, 0.5) is 0 Å². The van der Waals surface area contributed by atoms with E-state index in [2.05, 4.69) is 4.74 Å². The molecule has 0 rings (SSSR count). The smallest absolute Gasteiger partial charge is 0.300 e. The maximum Gasteiger partial charge on any atom is 0.300 e. The summed E-state index contributed by atoms with van der Waals surface area (Å²) in [6, 6.07) is 0. The zero-order valence-corrected chi connectivity index (χ0v) is 7.77. The first kappa shape index (κ1) is 14.8. The van der Waals surface area contributed by atoms with Crippen LogP contribution in [-0.4, -0.2) is 54.5 Å². The molecule has 0 bridgehead atoms. The van der Waals surface area contributed by atoms with Gasteiger partial charge in [0.25, 0.3) is 5.97 Å². The van der Waals surface area contributed by atoms with E-state index in [4.69, 9.17) is 24.9 Å². The number of methoxy groups -OCH3 is 1. The lowest BCUT2D eigenvalue weighted by Gasteiger charge is -2.06. The van der Waals surface area contributed by atoms with E-state index in [-0.39, 0.29) is 19.8 Å². The quantitative estimate of drug-likeness (QED) is 0.387. The summed E-state index contributed by atoms with van der Waals surface area (Å²) >= 11 is 0. The highest BCUT2D eigenvalue weighted by atomic mass is 16.6. The van der Waals surface area contributed by atoms with Crippen molar-refractivity contribution in [2.75, 3.05) is 26.9 Å². The monoisotopic (exact) mass is 196 g/mol. The van der Waals surface area contributed by atoms with E-state index >= 15 is 0 Å². The first-order valence-electron chi connectivity index (χ1n) is 3.63. The molecule has 80 valence electrons. The van der Waals surface area contributed by atoms with Crippen molar-refractivity contribution >= 4 is 5.97 Å². The van der Waals surface area contributed by atoms with Crippen LogP contribution in [0.1, 0.15) is 6.92 Å². The van der Waals surface area contributed by atoms with Gasteiger partial charge in [-0.2, -0.15) is 0 Å². The van der Waals surface area contributed by atoms with Gasteiger partial charge in [-0.1, -0.05) is 0 Å². The van der Waals surface area contributed by atoms with Crippen LogP contribution in [0.25, 0.3) is 0 Å². The van der Waals surface area contributed by atoms with E-state index in [1.54, 1.807) is 0 Å². The predicted molar refractivity (Wildman–Crippen MR) is 44.2 cm³/mol. The number of rotatable bonds is 5. The first-order valence-corrected chi connectivity index (χ1v) is 3.63. The summed E-state index contributed by atoms with van der Waals surface area (Å²) in [5.41, 5.74) is 0. The van der Waals surface area contributed by atoms with Gasteiger partial charge in [-0.15, -0.1) is 0 Å². The van der Waals surface area contributed by atoms with E-state index in [0.29, 0.717) is 0 Å². The van der Waals surface area contributed by atoms with Crippen LogP contribution in [0.3, 0.4) is 0 Å². The molecule has 0 saturated heterocycles. The Bertz CT molecular complexity index is 112. The van der Waals surface area contributed by atoms with Gasteiger partial charge in [-0.3, -0.25) is 4.79 Å². The molecule has 1 atom stereocenters. The number of hydrogen-bond acceptors (Lipinski definition) is 5. The third-order valence-corrected chi connectivity index (χ3v) is 0.768. The molecule has 0 aliphatic heterocycles. The Hall–Kier alpha value is -0.690. The van der Waals surface area contributed by atoms with Crippen molar-refractivity contribution in [2.24, 2.45) is 0 Å². The average Bonchev–Trinajstić information content (AvgIpc) is 2.03. The Morgan fingerprint density at radius 3 is 2.31 bits per heavy atom. The molecule has 0 aliphatic carbocycles. The molecule has 0 spiro atoms. The molecule has 0 aromatic heterocycles. The molecule has 3 N–H and O–H groups in total. The lowest BCUT2D eigenvalue weighted by atomic mass is 10.7. The first-order chi connectivity index (χ1) is 6.04. The number of aliphatic hydroxyl groups is 2. The third kappa shape index (κ3) is 24.6. The number of hydrogen-bond donors (Lipinski definition) is 3. The van der Waals surface area contributed by atoms with Gasteiger partial charge >= 0.3 is 0 Å². The lowest BCUT2D eigenvalue weighted by Crippen LogP contribution is -2.18. The zero-order chi connectivity index (χ0) is 10.7. The van der Waals surface area contributed by atoms with Gasteiger partial charge in [0.1, 0.15) is 0 Å². The van der Waals surface area contributed by atoms with Crippen LogP contribution in [0.2, 0.25) is 0 Å². The normalized spacial score (nSPS) is 11.4. The summed E-state index contributed by atoms with van der Waals surface area (Å²) in [5, 5.41) is 24.3. The Morgan fingerprint density at radius 2 is 2.00 bits per heavy atom. The molecule has 0 amide bonds. The molecule has 1 unspecified atom stereocenters. The fourth-order valence-electron chi connectivity index (χ4n) is 0.317. The highest BCUT2D eigenvalue weighted by molar-refractivity contribution is 5.62. The summed E-state index contributed by atoms with van der Waals surface area (Å²) < 4.78 is 9.16. The number of carbonyl (C=O) groups is 1. The van der Waals surface area contributed by atoms with Crippen LogP contribution in [0, 0.1) is 0 Å². The molecule has 0 aromatic rings. The topological polar surface area (TPSA) is 96.2 Å². The van der Waals surface area contributed by atoms with Gasteiger partial charge in [-0.05, 0) is 0 Å². The second kappa shape index (κ2) is 11.3. The van der Waals surface area contributed by atoms with Crippen LogP contribution in [0.15, 0.2) is 0 Å². The molecule has 6 heteroatoms.